The van der Waals surface area contributed by atoms with Gasteiger partial charge in [0, 0.05) is 10.0 Å². The Morgan fingerprint density at radius 1 is 0.952 bits per heavy atom. The Morgan fingerprint density at radius 2 is 1.71 bits per heavy atom. The van der Waals surface area contributed by atoms with E-state index in [2.05, 4.69) is 15.9 Å². The van der Waals surface area contributed by atoms with E-state index in [9.17, 15) is 4.79 Å². The van der Waals surface area contributed by atoms with Gasteiger partial charge in [0.2, 0.25) is 0 Å². The molecule has 3 rings (SSSR count). The van der Waals surface area contributed by atoms with Crippen LogP contribution in [-0.4, -0.2) is 12.9 Å². The third-order valence-electron chi connectivity index (χ3n) is 3.44. The normalized spacial score (nSPS) is 10.6. The standard InChI is InChI=1S/C18H13BrO2/c1-21-17-10-9-13(19)11-16(17)18(20)15-8-4-6-12-5-2-3-7-14(12)15/h2-11H,1H3. The van der Waals surface area contributed by atoms with Crippen LogP contribution in [0.2, 0.25) is 0 Å². The highest BCUT2D eigenvalue weighted by Crippen LogP contribution is 2.28. The summed E-state index contributed by atoms with van der Waals surface area (Å²) in [7, 11) is 1.57. The first kappa shape index (κ1) is 13.8. The smallest absolute Gasteiger partial charge is 0.197 e. The molecule has 3 aromatic carbocycles. The molecule has 0 aliphatic heterocycles. The van der Waals surface area contributed by atoms with E-state index < -0.39 is 0 Å². The molecule has 0 radical (unpaired) electrons. The van der Waals surface area contributed by atoms with Crippen LogP contribution in [0.1, 0.15) is 15.9 Å². The Bertz CT molecular complexity index is 819. The summed E-state index contributed by atoms with van der Waals surface area (Å²) in [5.41, 5.74) is 1.24. The van der Waals surface area contributed by atoms with Gasteiger partial charge in [0.05, 0.1) is 12.7 Å². The van der Waals surface area contributed by atoms with Crippen LogP contribution in [0, 0.1) is 0 Å². The minimum absolute atomic E-state index is 0.0371. The Kier molecular flexibility index (Phi) is 3.76. The number of carbonyl (C=O) groups is 1. The third-order valence-corrected chi connectivity index (χ3v) is 3.93. The van der Waals surface area contributed by atoms with Gasteiger partial charge in [-0.2, -0.15) is 0 Å². The van der Waals surface area contributed by atoms with E-state index in [0.29, 0.717) is 16.9 Å². The van der Waals surface area contributed by atoms with Gasteiger partial charge in [0.1, 0.15) is 5.75 Å². The first-order chi connectivity index (χ1) is 10.2. The first-order valence-electron chi connectivity index (χ1n) is 6.56. The number of methoxy groups -OCH3 is 1. The molecule has 104 valence electrons. The van der Waals surface area contributed by atoms with E-state index in [-0.39, 0.29) is 5.78 Å². The molecule has 0 aliphatic carbocycles. The lowest BCUT2D eigenvalue weighted by Crippen LogP contribution is -2.04. The number of benzene rings is 3. The van der Waals surface area contributed by atoms with E-state index in [1.807, 2.05) is 48.5 Å². The Hall–Kier alpha value is -2.13. The molecule has 0 spiro atoms. The molecule has 0 fully saturated rings. The van der Waals surface area contributed by atoms with E-state index in [1.54, 1.807) is 19.2 Å². The van der Waals surface area contributed by atoms with Gasteiger partial charge in [-0.3, -0.25) is 4.79 Å². The maximum atomic E-state index is 12.9. The second kappa shape index (κ2) is 5.70. The zero-order valence-corrected chi connectivity index (χ0v) is 13.1. The average molecular weight is 341 g/mol. The summed E-state index contributed by atoms with van der Waals surface area (Å²) in [5, 5.41) is 2.00. The number of hydrogen-bond donors (Lipinski definition) is 0. The summed E-state index contributed by atoms with van der Waals surface area (Å²) in [4.78, 5) is 12.9. The van der Waals surface area contributed by atoms with Crippen molar-refractivity contribution in [3.8, 4) is 5.75 Å². The van der Waals surface area contributed by atoms with E-state index in [4.69, 9.17) is 4.74 Å². The number of ether oxygens (including phenoxy) is 1. The Morgan fingerprint density at radius 3 is 2.52 bits per heavy atom. The van der Waals surface area contributed by atoms with Crippen molar-refractivity contribution in [1.29, 1.82) is 0 Å². The average Bonchev–Trinajstić information content (AvgIpc) is 2.53. The molecule has 3 heteroatoms. The molecule has 0 aromatic heterocycles. The zero-order chi connectivity index (χ0) is 14.8. The summed E-state index contributed by atoms with van der Waals surface area (Å²) in [6, 6.07) is 19.1. The topological polar surface area (TPSA) is 26.3 Å². The monoisotopic (exact) mass is 340 g/mol. The van der Waals surface area contributed by atoms with Crippen LogP contribution in [-0.2, 0) is 0 Å². The molecular formula is C18H13BrO2. The van der Waals surface area contributed by atoms with Gasteiger partial charge >= 0.3 is 0 Å². The number of halogens is 1. The van der Waals surface area contributed by atoms with Crippen molar-refractivity contribution in [1.82, 2.24) is 0 Å². The second-order valence-electron chi connectivity index (χ2n) is 4.70. The highest BCUT2D eigenvalue weighted by Gasteiger charge is 2.17. The largest absolute Gasteiger partial charge is 0.496 e. The van der Waals surface area contributed by atoms with Gasteiger partial charge in [0.25, 0.3) is 0 Å². The number of carbonyl (C=O) groups excluding carboxylic acids is 1. The number of hydrogen-bond acceptors (Lipinski definition) is 2. The molecule has 0 bridgehead atoms. The van der Waals surface area contributed by atoms with Crippen molar-refractivity contribution in [2.24, 2.45) is 0 Å². The van der Waals surface area contributed by atoms with Crippen molar-refractivity contribution < 1.29 is 9.53 Å². The Labute approximate surface area is 131 Å². The van der Waals surface area contributed by atoms with Crippen LogP contribution in [0.3, 0.4) is 0 Å². The summed E-state index contributed by atoms with van der Waals surface area (Å²) in [6.07, 6.45) is 0. The van der Waals surface area contributed by atoms with Crippen molar-refractivity contribution in [2.45, 2.75) is 0 Å². The lowest BCUT2D eigenvalue weighted by molar-refractivity contribution is 0.103. The minimum Gasteiger partial charge on any atom is -0.496 e. The summed E-state index contributed by atoms with van der Waals surface area (Å²) >= 11 is 3.41. The highest BCUT2D eigenvalue weighted by molar-refractivity contribution is 9.10. The second-order valence-corrected chi connectivity index (χ2v) is 5.62. The fourth-order valence-electron chi connectivity index (χ4n) is 2.43. The summed E-state index contributed by atoms with van der Waals surface area (Å²) in [6.45, 7) is 0. The van der Waals surface area contributed by atoms with Crippen LogP contribution >= 0.6 is 15.9 Å². The molecule has 0 atom stereocenters. The quantitative estimate of drug-likeness (QED) is 0.637. The predicted octanol–water partition coefficient (Wildman–Crippen LogP) is 4.84. The van der Waals surface area contributed by atoms with Crippen LogP contribution < -0.4 is 4.74 Å². The molecule has 21 heavy (non-hydrogen) atoms. The number of rotatable bonds is 3. The molecule has 0 heterocycles. The molecule has 0 saturated carbocycles. The lowest BCUT2D eigenvalue weighted by atomic mass is 9.97. The maximum Gasteiger partial charge on any atom is 0.197 e. The number of ketones is 1. The van der Waals surface area contributed by atoms with Crippen LogP contribution in [0.5, 0.6) is 5.75 Å². The van der Waals surface area contributed by atoms with Gasteiger partial charge in [-0.15, -0.1) is 0 Å². The number of fused-ring (bicyclic) bond motifs is 1. The summed E-state index contributed by atoms with van der Waals surface area (Å²) in [5.74, 6) is 0.543. The molecule has 0 N–H and O–H groups in total. The highest BCUT2D eigenvalue weighted by atomic mass is 79.9. The molecule has 0 aliphatic rings. The van der Waals surface area contributed by atoms with Crippen LogP contribution in [0.25, 0.3) is 10.8 Å². The van der Waals surface area contributed by atoms with E-state index in [0.717, 1.165) is 15.2 Å². The van der Waals surface area contributed by atoms with Gasteiger partial charge in [0.15, 0.2) is 5.78 Å². The maximum absolute atomic E-state index is 12.9. The molecule has 0 unspecified atom stereocenters. The third kappa shape index (κ3) is 2.57. The predicted molar refractivity (Wildman–Crippen MR) is 88.1 cm³/mol. The summed E-state index contributed by atoms with van der Waals surface area (Å²) < 4.78 is 6.17. The molecule has 0 saturated heterocycles. The van der Waals surface area contributed by atoms with Crippen molar-refractivity contribution in [3.05, 3.63) is 76.3 Å². The van der Waals surface area contributed by atoms with Crippen molar-refractivity contribution in [2.75, 3.05) is 7.11 Å². The van der Waals surface area contributed by atoms with E-state index in [1.165, 1.54) is 0 Å². The first-order valence-corrected chi connectivity index (χ1v) is 7.36. The van der Waals surface area contributed by atoms with Crippen molar-refractivity contribution in [3.63, 3.8) is 0 Å². The SMILES string of the molecule is COc1ccc(Br)cc1C(=O)c1cccc2ccccc12. The van der Waals surface area contributed by atoms with Gasteiger partial charge in [-0.05, 0) is 29.0 Å². The fraction of sp³-hybridized carbons (Fsp3) is 0.0556. The molecule has 0 amide bonds. The molecule has 2 nitrogen and oxygen atoms in total. The van der Waals surface area contributed by atoms with E-state index >= 15 is 0 Å². The fourth-order valence-corrected chi connectivity index (χ4v) is 2.79. The van der Waals surface area contributed by atoms with Gasteiger partial charge in [-0.25, -0.2) is 0 Å². The van der Waals surface area contributed by atoms with Crippen LogP contribution in [0.4, 0.5) is 0 Å². The molecular weight excluding hydrogens is 328 g/mol. The zero-order valence-electron chi connectivity index (χ0n) is 11.5. The van der Waals surface area contributed by atoms with Crippen molar-refractivity contribution >= 4 is 32.5 Å². The van der Waals surface area contributed by atoms with Crippen LogP contribution in [0.15, 0.2) is 65.1 Å². The minimum atomic E-state index is -0.0371. The Balaban J connectivity index is 2.20. The van der Waals surface area contributed by atoms with Gasteiger partial charge in [-0.1, -0.05) is 58.4 Å². The van der Waals surface area contributed by atoms with Gasteiger partial charge < -0.3 is 4.74 Å². The lowest BCUT2D eigenvalue weighted by Gasteiger charge is -2.10. The molecule has 3 aromatic rings.